The molecule has 8 nitrogen and oxygen atoms in total. The molecular formula is C18H26N6O2. The summed E-state index contributed by atoms with van der Waals surface area (Å²) in [6.45, 7) is 8.28. The second kappa shape index (κ2) is 10.2. The Hall–Kier alpha value is -2.90. The zero-order valence-corrected chi connectivity index (χ0v) is 15.5. The Morgan fingerprint density at radius 2 is 2.08 bits per heavy atom. The Bertz CT molecular complexity index is 711. The van der Waals surface area contributed by atoms with E-state index < -0.39 is 0 Å². The molecule has 2 aromatic rings. The molecule has 0 aliphatic rings. The number of hydrogen-bond donors (Lipinski definition) is 3. The van der Waals surface area contributed by atoms with Gasteiger partial charge in [-0.15, -0.1) is 0 Å². The fourth-order valence-electron chi connectivity index (χ4n) is 2.13. The minimum Gasteiger partial charge on any atom is -0.359 e. The average molecular weight is 358 g/mol. The van der Waals surface area contributed by atoms with Crippen LogP contribution in [0.1, 0.15) is 48.5 Å². The van der Waals surface area contributed by atoms with Crippen LogP contribution in [0.3, 0.4) is 0 Å². The molecule has 0 bridgehead atoms. The summed E-state index contributed by atoms with van der Waals surface area (Å²) in [7, 11) is 0. The van der Waals surface area contributed by atoms with Crippen LogP contribution < -0.4 is 16.0 Å². The van der Waals surface area contributed by atoms with E-state index in [1.54, 1.807) is 18.3 Å². The SMILES string of the molecule is CCNC(=NCc1cc(C(C)C)no1)NCCNC(=O)c1cccnc1. The number of nitrogens with zero attached hydrogens (tertiary/aromatic N) is 3. The molecule has 2 heterocycles. The average Bonchev–Trinajstić information content (AvgIpc) is 3.13. The first-order valence-corrected chi connectivity index (χ1v) is 8.76. The van der Waals surface area contributed by atoms with Gasteiger partial charge in [-0.2, -0.15) is 0 Å². The van der Waals surface area contributed by atoms with Gasteiger partial charge in [0.05, 0.1) is 11.3 Å². The Labute approximate surface area is 153 Å². The molecule has 0 unspecified atom stereocenters. The van der Waals surface area contributed by atoms with Gasteiger partial charge in [0.1, 0.15) is 6.54 Å². The molecule has 0 saturated heterocycles. The van der Waals surface area contributed by atoms with Gasteiger partial charge in [-0.05, 0) is 25.0 Å². The molecule has 2 aromatic heterocycles. The highest BCUT2D eigenvalue weighted by molar-refractivity contribution is 5.93. The number of amides is 1. The summed E-state index contributed by atoms with van der Waals surface area (Å²) in [6, 6.07) is 5.38. The number of carbonyl (C=O) groups is 1. The summed E-state index contributed by atoms with van der Waals surface area (Å²) in [4.78, 5) is 20.3. The summed E-state index contributed by atoms with van der Waals surface area (Å²) in [5.41, 5.74) is 1.46. The lowest BCUT2D eigenvalue weighted by Crippen LogP contribution is -2.41. The van der Waals surface area contributed by atoms with Crippen molar-refractivity contribution in [2.45, 2.75) is 33.2 Å². The summed E-state index contributed by atoms with van der Waals surface area (Å²) < 4.78 is 5.29. The summed E-state index contributed by atoms with van der Waals surface area (Å²) in [6.07, 6.45) is 3.17. The Kier molecular flexibility index (Phi) is 7.60. The zero-order valence-electron chi connectivity index (χ0n) is 15.5. The van der Waals surface area contributed by atoms with Crippen molar-refractivity contribution in [3.05, 3.63) is 47.6 Å². The number of carbonyl (C=O) groups excluding carboxylic acids is 1. The molecule has 1 amide bonds. The van der Waals surface area contributed by atoms with E-state index in [9.17, 15) is 4.79 Å². The molecule has 0 aliphatic carbocycles. The predicted octanol–water partition coefficient (Wildman–Crippen LogP) is 1.68. The predicted molar refractivity (Wildman–Crippen MR) is 100.0 cm³/mol. The van der Waals surface area contributed by atoms with Crippen LogP contribution in [0, 0.1) is 0 Å². The molecule has 0 aromatic carbocycles. The van der Waals surface area contributed by atoms with Crippen molar-refractivity contribution in [1.82, 2.24) is 26.1 Å². The van der Waals surface area contributed by atoms with Gasteiger partial charge < -0.3 is 20.5 Å². The molecule has 0 fully saturated rings. The topological polar surface area (TPSA) is 104 Å². The van der Waals surface area contributed by atoms with Crippen LogP contribution in [0.15, 0.2) is 40.1 Å². The summed E-state index contributed by atoms with van der Waals surface area (Å²) >= 11 is 0. The number of nitrogens with one attached hydrogen (secondary N) is 3. The van der Waals surface area contributed by atoms with Gasteiger partial charge in [0.2, 0.25) is 0 Å². The second-order valence-electron chi connectivity index (χ2n) is 5.99. The van der Waals surface area contributed by atoms with Crippen LogP contribution in [-0.2, 0) is 6.54 Å². The first-order valence-electron chi connectivity index (χ1n) is 8.76. The maximum atomic E-state index is 11.9. The number of pyridine rings is 1. The Balaban J connectivity index is 1.78. The highest BCUT2D eigenvalue weighted by Crippen LogP contribution is 2.14. The third kappa shape index (κ3) is 6.19. The second-order valence-corrected chi connectivity index (χ2v) is 5.99. The number of aromatic nitrogens is 2. The van der Waals surface area contributed by atoms with Gasteiger partial charge >= 0.3 is 0 Å². The molecule has 0 aliphatic heterocycles. The third-order valence-electron chi connectivity index (χ3n) is 3.53. The third-order valence-corrected chi connectivity index (χ3v) is 3.53. The van der Waals surface area contributed by atoms with Crippen molar-refractivity contribution in [3.8, 4) is 0 Å². The van der Waals surface area contributed by atoms with Gasteiger partial charge in [-0.3, -0.25) is 9.78 Å². The molecule has 0 atom stereocenters. The number of aliphatic imine (C=N–C) groups is 1. The van der Waals surface area contributed by atoms with E-state index in [1.807, 2.05) is 13.0 Å². The quantitative estimate of drug-likeness (QED) is 0.377. The number of hydrogen-bond acceptors (Lipinski definition) is 5. The lowest BCUT2D eigenvalue weighted by Gasteiger charge is -2.11. The van der Waals surface area contributed by atoms with E-state index in [1.165, 1.54) is 6.20 Å². The first-order chi connectivity index (χ1) is 12.6. The van der Waals surface area contributed by atoms with E-state index >= 15 is 0 Å². The van der Waals surface area contributed by atoms with Crippen molar-refractivity contribution < 1.29 is 9.32 Å². The van der Waals surface area contributed by atoms with Crippen LogP contribution in [0.25, 0.3) is 0 Å². The van der Waals surface area contributed by atoms with E-state index in [0.29, 0.717) is 37.1 Å². The van der Waals surface area contributed by atoms with E-state index in [-0.39, 0.29) is 5.91 Å². The Morgan fingerprint density at radius 1 is 1.27 bits per heavy atom. The van der Waals surface area contributed by atoms with E-state index in [4.69, 9.17) is 4.52 Å². The number of guanidine groups is 1. The van der Waals surface area contributed by atoms with E-state index in [2.05, 4.69) is 44.9 Å². The largest absolute Gasteiger partial charge is 0.359 e. The standard InChI is InChI=1S/C18H26N6O2/c1-4-20-18(23-12-15-10-16(13(2)3)24-26-15)22-9-8-21-17(25)14-6-5-7-19-11-14/h5-7,10-11,13H,4,8-9,12H2,1-3H3,(H,21,25)(H2,20,22,23). The monoisotopic (exact) mass is 358 g/mol. The smallest absolute Gasteiger partial charge is 0.252 e. The lowest BCUT2D eigenvalue weighted by molar-refractivity contribution is 0.0954. The molecule has 26 heavy (non-hydrogen) atoms. The van der Waals surface area contributed by atoms with Crippen LogP contribution in [0.5, 0.6) is 0 Å². The van der Waals surface area contributed by atoms with Crippen LogP contribution in [-0.4, -0.2) is 41.6 Å². The van der Waals surface area contributed by atoms with Crippen molar-refractivity contribution in [1.29, 1.82) is 0 Å². The fraction of sp³-hybridized carbons (Fsp3) is 0.444. The number of rotatable bonds is 8. The van der Waals surface area contributed by atoms with Crippen LogP contribution in [0.4, 0.5) is 0 Å². The van der Waals surface area contributed by atoms with Crippen molar-refractivity contribution in [3.63, 3.8) is 0 Å². The molecule has 140 valence electrons. The Morgan fingerprint density at radius 3 is 2.73 bits per heavy atom. The maximum Gasteiger partial charge on any atom is 0.252 e. The first kappa shape index (κ1) is 19.4. The zero-order chi connectivity index (χ0) is 18.8. The normalized spacial score (nSPS) is 11.5. The molecule has 3 N–H and O–H groups in total. The lowest BCUT2D eigenvalue weighted by atomic mass is 10.1. The van der Waals surface area contributed by atoms with Crippen molar-refractivity contribution in [2.24, 2.45) is 4.99 Å². The molecule has 0 spiro atoms. The minimum atomic E-state index is -0.148. The molecule has 2 rings (SSSR count). The summed E-state index contributed by atoms with van der Waals surface area (Å²) in [5.74, 6) is 1.55. The molecule has 8 heteroatoms. The van der Waals surface area contributed by atoms with Gasteiger partial charge in [0, 0.05) is 38.1 Å². The molecule has 0 saturated carbocycles. The van der Waals surface area contributed by atoms with Gasteiger partial charge in [-0.1, -0.05) is 19.0 Å². The minimum absolute atomic E-state index is 0.148. The van der Waals surface area contributed by atoms with Crippen LogP contribution >= 0.6 is 0 Å². The highest BCUT2D eigenvalue weighted by Gasteiger charge is 2.08. The van der Waals surface area contributed by atoms with Crippen molar-refractivity contribution >= 4 is 11.9 Å². The molecular weight excluding hydrogens is 332 g/mol. The summed E-state index contributed by atoms with van der Waals surface area (Å²) in [5, 5.41) is 13.2. The van der Waals surface area contributed by atoms with Gasteiger partial charge in [0.25, 0.3) is 5.91 Å². The van der Waals surface area contributed by atoms with Gasteiger partial charge in [0.15, 0.2) is 11.7 Å². The fourth-order valence-corrected chi connectivity index (χ4v) is 2.13. The highest BCUT2D eigenvalue weighted by atomic mass is 16.5. The van der Waals surface area contributed by atoms with Crippen molar-refractivity contribution in [2.75, 3.05) is 19.6 Å². The maximum absolute atomic E-state index is 11.9. The molecule has 0 radical (unpaired) electrons. The van der Waals surface area contributed by atoms with Gasteiger partial charge in [-0.25, -0.2) is 4.99 Å². The van der Waals surface area contributed by atoms with Crippen LogP contribution in [0.2, 0.25) is 0 Å². The van der Waals surface area contributed by atoms with E-state index in [0.717, 1.165) is 18.0 Å².